The van der Waals surface area contributed by atoms with Crippen molar-refractivity contribution >= 4 is 77.0 Å². The van der Waals surface area contributed by atoms with E-state index in [2.05, 4.69) is 0 Å². The fourth-order valence-corrected chi connectivity index (χ4v) is 0. The second-order valence-corrected chi connectivity index (χ2v) is 1.54. The fourth-order valence-electron chi connectivity index (χ4n) is 0. The number of hydrogen-bond acceptors (Lipinski definition) is 1. The van der Waals surface area contributed by atoms with Crippen LogP contribution in [0.4, 0.5) is 0 Å². The Morgan fingerprint density at radius 3 is 1.12 bits per heavy atom. The molecule has 4 nitrogen and oxygen atoms in total. The van der Waals surface area contributed by atoms with Gasteiger partial charge in [0, 0.05) is 0 Å². The molecule has 0 aliphatic rings. The van der Waals surface area contributed by atoms with Crippen molar-refractivity contribution in [3.8, 4) is 0 Å². The molecule has 0 saturated heterocycles. The molecule has 0 bridgehead atoms. The monoisotopic (exact) mass is 180 g/mol. The van der Waals surface area contributed by atoms with Gasteiger partial charge in [-0.3, -0.25) is 0 Å². The maximum atomic E-state index is 8.88. The van der Waals surface area contributed by atoms with Gasteiger partial charge in [0.1, 0.15) is 0 Å². The van der Waals surface area contributed by atoms with Gasteiger partial charge in [0.2, 0.25) is 0 Å². The molecule has 8 heteroatoms. The first-order valence-corrected chi connectivity index (χ1v) is 2.35. The molecule has 0 aromatic carbocycles. The molecule has 0 unspecified atom stereocenters. The summed E-state index contributed by atoms with van der Waals surface area (Å²) in [5.74, 6) is 0. The van der Waals surface area contributed by atoms with Gasteiger partial charge in [0.05, 0.1) is 8.41 Å². The topological polar surface area (TPSA) is 77.8 Å². The molecule has 0 atom stereocenters. The molecule has 3 N–H and O–H groups in total. The third-order valence-corrected chi connectivity index (χ3v) is 0. The first-order chi connectivity index (χ1) is 2.00. The zero-order valence-corrected chi connectivity index (χ0v) is 3.09. The standard InChI is InChI=1S/BH3.Ca.Mg.H3O4P.4H/c;;;1-5(2,3)4;;;;/h1H3;;;(H3,1,2,3,4);;;;. The molecule has 0 saturated carbocycles. The van der Waals surface area contributed by atoms with E-state index in [4.69, 9.17) is 19.2 Å². The first-order valence-electron chi connectivity index (χ1n) is 0.783. The predicted molar refractivity (Wildman–Crippen MR) is 41.3 cm³/mol. The first kappa shape index (κ1) is 22.5. The summed E-state index contributed by atoms with van der Waals surface area (Å²) >= 11 is 0. The molecular weight excluding hydrogens is 170 g/mol. The van der Waals surface area contributed by atoms with E-state index in [0.29, 0.717) is 0 Å². The van der Waals surface area contributed by atoms with Crippen molar-refractivity contribution in [1.29, 1.82) is 0 Å². The Hall–Kier alpha value is 2.20. The molecule has 0 aliphatic heterocycles. The van der Waals surface area contributed by atoms with Crippen molar-refractivity contribution in [3.05, 3.63) is 0 Å². The summed E-state index contributed by atoms with van der Waals surface area (Å²) in [7, 11) is -4.64. The number of hydrogen-bond donors (Lipinski definition) is 3. The summed E-state index contributed by atoms with van der Waals surface area (Å²) in [5.41, 5.74) is 0. The molecule has 0 heterocycles. The summed E-state index contributed by atoms with van der Waals surface area (Å²) in [6.45, 7) is 0. The Kier molecular flexibility index (Phi) is 25.8. The summed E-state index contributed by atoms with van der Waals surface area (Å²) < 4.78 is 8.88. The van der Waals surface area contributed by atoms with Gasteiger partial charge >= 0.3 is 68.6 Å². The van der Waals surface area contributed by atoms with Gasteiger partial charge in [0.15, 0.2) is 0 Å². The zero-order chi connectivity index (χ0) is 4.50. The Morgan fingerprint density at radius 2 is 1.12 bits per heavy atom. The molecule has 0 spiro atoms. The molecule has 0 rings (SSSR count). The zero-order valence-electron chi connectivity index (χ0n) is 2.20. The van der Waals surface area contributed by atoms with Crippen LogP contribution in [0, 0.1) is 0 Å². The average molecular weight is 180 g/mol. The van der Waals surface area contributed by atoms with Gasteiger partial charge < -0.3 is 14.7 Å². The average Bonchev–Trinajstić information content (AvgIpc) is 0.722. The van der Waals surface area contributed by atoms with Crippen molar-refractivity contribution in [3.63, 3.8) is 0 Å². The molecule has 46 valence electrons. The van der Waals surface area contributed by atoms with Crippen molar-refractivity contribution in [1.82, 2.24) is 0 Å². The molecule has 8 heavy (non-hydrogen) atoms. The SMILES string of the molecule is B.O=P(O)(O)O.[CaH2].[MgH2]. The second-order valence-electron chi connectivity index (χ2n) is 0.513. The van der Waals surface area contributed by atoms with E-state index in [1.54, 1.807) is 0 Å². The smallest absolute Gasteiger partial charge is 0.316 e. The molecular formula is H10BCaMgO4P. The van der Waals surface area contributed by atoms with E-state index in [-0.39, 0.29) is 69.2 Å². The predicted octanol–water partition coefficient (Wildman–Crippen LogP) is -3.94. The van der Waals surface area contributed by atoms with Gasteiger partial charge in [-0.1, -0.05) is 0 Å². The number of rotatable bonds is 0. The van der Waals surface area contributed by atoms with E-state index in [9.17, 15) is 0 Å². The molecule has 0 aromatic rings. The van der Waals surface area contributed by atoms with Gasteiger partial charge in [-0.25, -0.2) is 4.57 Å². The van der Waals surface area contributed by atoms with Crippen LogP contribution < -0.4 is 0 Å². The Morgan fingerprint density at radius 1 is 1.12 bits per heavy atom. The second kappa shape index (κ2) is 9.20. The quantitative estimate of drug-likeness (QED) is 0.263. The number of phosphoric acid groups is 1. The van der Waals surface area contributed by atoms with Crippen LogP contribution in [0.25, 0.3) is 0 Å². The Labute approximate surface area is 95.0 Å². The minimum Gasteiger partial charge on any atom is 0.316 e. The van der Waals surface area contributed by atoms with Crippen molar-refractivity contribution in [2.24, 2.45) is 0 Å². The van der Waals surface area contributed by atoms with Crippen LogP contribution in [-0.2, 0) is 4.57 Å². The summed E-state index contributed by atoms with van der Waals surface area (Å²) in [6.07, 6.45) is 0. The maximum Gasteiger partial charge on any atom is 0.316 e. The van der Waals surface area contributed by atoms with Gasteiger partial charge in [0.25, 0.3) is 0 Å². The van der Waals surface area contributed by atoms with Gasteiger partial charge in [-0.2, -0.15) is 0 Å². The summed E-state index contributed by atoms with van der Waals surface area (Å²) in [5, 5.41) is 0. The molecule has 0 amide bonds. The Balaban J connectivity index is -0.0000000267. The normalized spacial score (nSPS) is 7.38. The van der Waals surface area contributed by atoms with Crippen molar-refractivity contribution < 1.29 is 19.2 Å². The minimum absolute atomic E-state index is 0. The third-order valence-electron chi connectivity index (χ3n) is 0. The van der Waals surface area contributed by atoms with Crippen LogP contribution in [0.3, 0.4) is 0 Å². The fraction of sp³-hybridized carbons (Fsp3) is 0. The van der Waals surface area contributed by atoms with Crippen molar-refractivity contribution in [2.45, 2.75) is 0 Å². The van der Waals surface area contributed by atoms with Crippen LogP contribution in [0.2, 0.25) is 0 Å². The molecule has 0 aromatic heterocycles. The van der Waals surface area contributed by atoms with E-state index in [1.165, 1.54) is 0 Å². The van der Waals surface area contributed by atoms with Crippen LogP contribution >= 0.6 is 7.82 Å². The van der Waals surface area contributed by atoms with Crippen LogP contribution in [0.5, 0.6) is 0 Å². The van der Waals surface area contributed by atoms with E-state index < -0.39 is 7.82 Å². The van der Waals surface area contributed by atoms with E-state index in [0.717, 1.165) is 0 Å². The van der Waals surface area contributed by atoms with Crippen LogP contribution in [0.1, 0.15) is 0 Å². The minimum atomic E-state index is -4.64. The Bertz CT molecular complexity index is 62.2. The van der Waals surface area contributed by atoms with E-state index in [1.807, 2.05) is 0 Å². The van der Waals surface area contributed by atoms with Gasteiger partial charge in [-0.15, -0.1) is 0 Å². The third kappa shape index (κ3) is 87.8. The molecule has 0 aliphatic carbocycles. The van der Waals surface area contributed by atoms with Crippen LogP contribution in [0.15, 0.2) is 0 Å². The summed E-state index contributed by atoms with van der Waals surface area (Å²) in [6, 6.07) is 0. The van der Waals surface area contributed by atoms with Gasteiger partial charge in [-0.05, 0) is 0 Å². The van der Waals surface area contributed by atoms with E-state index >= 15 is 0 Å². The maximum absolute atomic E-state index is 8.88. The largest absolute Gasteiger partial charge is 0.316 e. The van der Waals surface area contributed by atoms with Crippen LogP contribution in [-0.4, -0.2) is 83.9 Å². The van der Waals surface area contributed by atoms with Crippen molar-refractivity contribution in [2.75, 3.05) is 0 Å². The molecule has 0 fully saturated rings. The summed E-state index contributed by atoms with van der Waals surface area (Å²) in [4.78, 5) is 21.6. The molecule has 0 radical (unpaired) electrons.